The van der Waals surface area contributed by atoms with E-state index in [9.17, 15) is 4.79 Å². The normalized spacial score (nSPS) is 20.7. The fourth-order valence-corrected chi connectivity index (χ4v) is 4.24. The Bertz CT molecular complexity index is 791. The Labute approximate surface area is 160 Å². The van der Waals surface area contributed by atoms with Crippen molar-refractivity contribution in [3.63, 3.8) is 0 Å². The van der Waals surface area contributed by atoms with Gasteiger partial charge < -0.3 is 19.2 Å². The van der Waals surface area contributed by atoms with Gasteiger partial charge in [-0.1, -0.05) is 0 Å². The number of nitrogens with one attached hydrogen (secondary N) is 1. The lowest BCUT2D eigenvalue weighted by molar-refractivity contribution is 0.0650. The molecule has 142 valence electrons. The van der Waals surface area contributed by atoms with Gasteiger partial charge in [-0.15, -0.1) is 12.4 Å². The SMILES string of the molecule is Cc1cc(C)c(C(=O)N(Cc2nccn2C)C2CC23CCNCC3)o1.Cl. The van der Waals surface area contributed by atoms with Crippen molar-refractivity contribution in [3.8, 4) is 0 Å². The van der Waals surface area contributed by atoms with Crippen LogP contribution in [0.1, 0.15) is 47.0 Å². The summed E-state index contributed by atoms with van der Waals surface area (Å²) >= 11 is 0. The molecule has 1 atom stereocenters. The molecule has 3 heterocycles. The Balaban J connectivity index is 0.00000196. The van der Waals surface area contributed by atoms with E-state index < -0.39 is 0 Å². The summed E-state index contributed by atoms with van der Waals surface area (Å²) in [5.41, 5.74) is 1.19. The van der Waals surface area contributed by atoms with Crippen LogP contribution in [-0.2, 0) is 13.6 Å². The van der Waals surface area contributed by atoms with Crippen molar-refractivity contribution in [1.82, 2.24) is 19.8 Å². The molecule has 2 aliphatic rings. The van der Waals surface area contributed by atoms with Crippen LogP contribution < -0.4 is 5.32 Å². The number of carbonyl (C=O) groups is 1. The van der Waals surface area contributed by atoms with E-state index in [1.807, 2.05) is 42.6 Å². The fraction of sp³-hybridized carbons (Fsp3) is 0.579. The zero-order chi connectivity index (χ0) is 17.6. The van der Waals surface area contributed by atoms with Gasteiger partial charge in [-0.25, -0.2) is 4.98 Å². The minimum Gasteiger partial charge on any atom is -0.456 e. The summed E-state index contributed by atoms with van der Waals surface area (Å²) in [6.07, 6.45) is 7.07. The van der Waals surface area contributed by atoms with Crippen LogP contribution in [0.4, 0.5) is 0 Å². The maximum Gasteiger partial charge on any atom is 0.290 e. The fourth-order valence-electron chi connectivity index (χ4n) is 4.24. The predicted octanol–water partition coefficient (Wildman–Crippen LogP) is 2.84. The molecule has 1 unspecified atom stereocenters. The third-order valence-electron chi connectivity index (χ3n) is 5.85. The summed E-state index contributed by atoms with van der Waals surface area (Å²) in [6, 6.07) is 2.21. The lowest BCUT2D eigenvalue weighted by atomic mass is 9.93. The minimum absolute atomic E-state index is 0. The average Bonchev–Trinajstić information content (AvgIpc) is 2.91. The third-order valence-corrected chi connectivity index (χ3v) is 5.85. The third kappa shape index (κ3) is 3.28. The summed E-state index contributed by atoms with van der Waals surface area (Å²) in [5.74, 6) is 2.16. The zero-order valence-electron chi connectivity index (χ0n) is 15.6. The van der Waals surface area contributed by atoms with Crippen molar-refractivity contribution >= 4 is 18.3 Å². The van der Waals surface area contributed by atoms with Gasteiger partial charge in [-0.3, -0.25) is 4.79 Å². The zero-order valence-corrected chi connectivity index (χ0v) is 16.4. The second-order valence-corrected chi connectivity index (χ2v) is 7.59. The highest BCUT2D eigenvalue weighted by atomic mass is 35.5. The van der Waals surface area contributed by atoms with Crippen molar-refractivity contribution in [2.45, 2.75) is 45.7 Å². The number of imidazole rings is 1. The summed E-state index contributed by atoms with van der Waals surface area (Å²) in [7, 11) is 1.97. The smallest absolute Gasteiger partial charge is 0.290 e. The number of nitrogens with zero attached hydrogens (tertiary/aromatic N) is 3. The molecule has 1 amide bonds. The molecule has 26 heavy (non-hydrogen) atoms. The Morgan fingerprint density at radius 3 is 2.73 bits per heavy atom. The van der Waals surface area contributed by atoms with E-state index in [-0.39, 0.29) is 29.8 Å². The molecule has 0 bridgehead atoms. The van der Waals surface area contributed by atoms with E-state index in [1.54, 1.807) is 6.20 Å². The van der Waals surface area contributed by atoms with Gasteiger partial charge in [0.1, 0.15) is 11.6 Å². The predicted molar refractivity (Wildman–Crippen MR) is 101 cm³/mol. The van der Waals surface area contributed by atoms with Gasteiger partial charge in [0.15, 0.2) is 5.76 Å². The maximum absolute atomic E-state index is 13.3. The van der Waals surface area contributed by atoms with Crippen LogP contribution in [-0.4, -0.2) is 39.5 Å². The van der Waals surface area contributed by atoms with Crippen LogP contribution in [0.5, 0.6) is 0 Å². The van der Waals surface area contributed by atoms with E-state index in [0.29, 0.717) is 12.3 Å². The second-order valence-electron chi connectivity index (χ2n) is 7.59. The Kier molecular flexibility index (Phi) is 5.17. The number of hydrogen-bond acceptors (Lipinski definition) is 4. The number of hydrogen-bond donors (Lipinski definition) is 1. The highest BCUT2D eigenvalue weighted by Crippen LogP contribution is 2.56. The number of halogens is 1. The first kappa shape index (κ1) is 19.0. The van der Waals surface area contributed by atoms with Crippen LogP contribution in [0.15, 0.2) is 22.9 Å². The van der Waals surface area contributed by atoms with Gasteiger partial charge in [0, 0.05) is 31.0 Å². The number of rotatable bonds is 4. The molecule has 1 spiro atoms. The quantitative estimate of drug-likeness (QED) is 0.888. The van der Waals surface area contributed by atoms with E-state index >= 15 is 0 Å². The van der Waals surface area contributed by atoms with Crippen molar-refractivity contribution in [1.29, 1.82) is 0 Å². The van der Waals surface area contributed by atoms with Crippen LogP contribution in [0, 0.1) is 19.3 Å². The second kappa shape index (κ2) is 7.08. The van der Waals surface area contributed by atoms with Gasteiger partial charge in [0.05, 0.1) is 6.54 Å². The number of aryl methyl sites for hydroxylation is 3. The highest BCUT2D eigenvalue weighted by Gasteiger charge is 2.58. The minimum atomic E-state index is -0.00555. The number of piperidine rings is 1. The molecule has 1 saturated heterocycles. The molecule has 1 aliphatic carbocycles. The summed E-state index contributed by atoms with van der Waals surface area (Å²) < 4.78 is 7.71. The molecular formula is C19H27ClN4O2. The van der Waals surface area contributed by atoms with E-state index in [2.05, 4.69) is 10.3 Å². The van der Waals surface area contributed by atoms with Gasteiger partial charge in [-0.05, 0) is 57.7 Å². The highest BCUT2D eigenvalue weighted by molar-refractivity contribution is 5.93. The Morgan fingerprint density at radius 2 is 2.15 bits per heavy atom. The molecule has 1 saturated carbocycles. The van der Waals surface area contributed by atoms with E-state index in [4.69, 9.17) is 4.42 Å². The summed E-state index contributed by atoms with van der Waals surface area (Å²) in [6.45, 7) is 6.44. The van der Waals surface area contributed by atoms with Crippen molar-refractivity contribution in [3.05, 3.63) is 41.4 Å². The largest absolute Gasteiger partial charge is 0.456 e. The summed E-state index contributed by atoms with van der Waals surface area (Å²) in [5, 5.41) is 3.43. The molecule has 2 fully saturated rings. The molecule has 2 aromatic rings. The molecule has 1 aliphatic heterocycles. The number of amides is 1. The number of furan rings is 1. The van der Waals surface area contributed by atoms with Gasteiger partial charge >= 0.3 is 0 Å². The molecule has 7 heteroatoms. The Morgan fingerprint density at radius 1 is 1.42 bits per heavy atom. The lowest BCUT2D eigenvalue weighted by Gasteiger charge is -2.29. The van der Waals surface area contributed by atoms with E-state index in [1.165, 1.54) is 0 Å². The standard InChI is InChI=1S/C19H26N4O2.ClH/c1-13-10-14(2)25-17(13)18(24)23(12-16-21-8-9-22(16)3)15-11-19(15)4-6-20-7-5-19;/h8-10,15,20H,4-7,11-12H2,1-3H3;1H. The van der Waals surface area contributed by atoms with Gasteiger partial charge in [-0.2, -0.15) is 0 Å². The Hall–Kier alpha value is -1.79. The van der Waals surface area contributed by atoms with Crippen LogP contribution in [0.2, 0.25) is 0 Å². The molecular weight excluding hydrogens is 352 g/mol. The van der Waals surface area contributed by atoms with Crippen LogP contribution >= 0.6 is 12.4 Å². The summed E-state index contributed by atoms with van der Waals surface area (Å²) in [4.78, 5) is 19.7. The van der Waals surface area contributed by atoms with Crippen molar-refractivity contribution in [2.75, 3.05) is 13.1 Å². The average molecular weight is 379 g/mol. The first-order chi connectivity index (χ1) is 12.0. The maximum atomic E-state index is 13.3. The van der Waals surface area contributed by atoms with Crippen molar-refractivity contribution in [2.24, 2.45) is 12.5 Å². The monoisotopic (exact) mass is 378 g/mol. The molecule has 0 radical (unpaired) electrons. The van der Waals surface area contributed by atoms with Crippen molar-refractivity contribution < 1.29 is 9.21 Å². The molecule has 2 aromatic heterocycles. The topological polar surface area (TPSA) is 63.3 Å². The number of carbonyl (C=O) groups excluding carboxylic acids is 1. The molecule has 0 aromatic carbocycles. The lowest BCUT2D eigenvalue weighted by Crippen LogP contribution is -2.39. The van der Waals surface area contributed by atoms with Gasteiger partial charge in [0.2, 0.25) is 0 Å². The molecule has 4 rings (SSSR count). The molecule has 6 nitrogen and oxygen atoms in total. The first-order valence-corrected chi connectivity index (χ1v) is 9.05. The van der Waals surface area contributed by atoms with Gasteiger partial charge in [0.25, 0.3) is 5.91 Å². The molecule has 1 N–H and O–H groups in total. The first-order valence-electron chi connectivity index (χ1n) is 9.05. The van der Waals surface area contributed by atoms with Crippen LogP contribution in [0.25, 0.3) is 0 Å². The number of aromatic nitrogens is 2. The van der Waals surface area contributed by atoms with Crippen LogP contribution in [0.3, 0.4) is 0 Å². The van der Waals surface area contributed by atoms with E-state index in [0.717, 1.165) is 49.5 Å².